The van der Waals surface area contributed by atoms with Gasteiger partial charge in [0, 0.05) is 24.5 Å². The molecule has 0 spiro atoms. The molecule has 3 rings (SSSR count). The van der Waals surface area contributed by atoms with Crippen molar-refractivity contribution in [1.29, 1.82) is 0 Å². The van der Waals surface area contributed by atoms with E-state index >= 15 is 0 Å². The first-order chi connectivity index (χ1) is 14.2. The van der Waals surface area contributed by atoms with Crippen molar-refractivity contribution in [1.82, 2.24) is 9.44 Å². The summed E-state index contributed by atoms with van der Waals surface area (Å²) in [4.78, 5) is 0.362. The molecule has 2 aromatic carbocycles. The van der Waals surface area contributed by atoms with E-state index in [1.165, 1.54) is 24.3 Å². The van der Waals surface area contributed by atoms with Gasteiger partial charge >= 0.3 is 0 Å². The van der Waals surface area contributed by atoms with Crippen molar-refractivity contribution < 1.29 is 16.8 Å². The zero-order valence-electron chi connectivity index (χ0n) is 16.6. The Kier molecular flexibility index (Phi) is 7.02. The fourth-order valence-electron chi connectivity index (χ4n) is 3.69. The van der Waals surface area contributed by atoms with Crippen LogP contribution in [0, 0.1) is 11.8 Å². The van der Waals surface area contributed by atoms with Gasteiger partial charge in [-0.1, -0.05) is 6.42 Å². The third-order valence-electron chi connectivity index (χ3n) is 5.40. The maximum Gasteiger partial charge on any atom is 0.240 e. The van der Waals surface area contributed by atoms with E-state index < -0.39 is 20.0 Å². The van der Waals surface area contributed by atoms with Crippen molar-refractivity contribution in [2.24, 2.45) is 11.8 Å². The van der Waals surface area contributed by atoms with E-state index in [0.29, 0.717) is 24.5 Å². The predicted molar refractivity (Wildman–Crippen MR) is 118 cm³/mol. The summed E-state index contributed by atoms with van der Waals surface area (Å²) in [5, 5.41) is 0. The molecule has 2 atom stereocenters. The Bertz CT molecular complexity index is 967. The van der Waals surface area contributed by atoms with Crippen molar-refractivity contribution in [2.45, 2.75) is 35.5 Å². The van der Waals surface area contributed by atoms with Crippen LogP contribution >= 0.6 is 0 Å². The fraction of sp³-hybridized carbons (Fsp3) is 0.400. The van der Waals surface area contributed by atoms with Gasteiger partial charge < -0.3 is 11.5 Å². The minimum atomic E-state index is -3.60. The van der Waals surface area contributed by atoms with Crippen LogP contribution in [0.25, 0.3) is 0 Å². The minimum Gasteiger partial charge on any atom is -0.399 e. The van der Waals surface area contributed by atoms with Gasteiger partial charge in [-0.05, 0) is 79.6 Å². The Balaban J connectivity index is 1.52. The van der Waals surface area contributed by atoms with E-state index in [-0.39, 0.29) is 21.6 Å². The molecule has 164 valence electrons. The highest BCUT2D eigenvalue weighted by Gasteiger charge is 2.25. The van der Waals surface area contributed by atoms with Gasteiger partial charge in [0.15, 0.2) is 0 Å². The summed E-state index contributed by atoms with van der Waals surface area (Å²) in [5.41, 5.74) is 12.2. The first-order valence-electron chi connectivity index (χ1n) is 9.86. The van der Waals surface area contributed by atoms with Crippen molar-refractivity contribution >= 4 is 31.4 Å². The van der Waals surface area contributed by atoms with Gasteiger partial charge in [0.2, 0.25) is 20.0 Å². The molecule has 0 aromatic heterocycles. The Morgan fingerprint density at radius 1 is 0.700 bits per heavy atom. The Labute approximate surface area is 178 Å². The normalized spacial score (nSPS) is 20.1. The molecule has 0 aliphatic heterocycles. The Morgan fingerprint density at radius 2 is 1.07 bits per heavy atom. The molecule has 0 amide bonds. The number of nitrogens with one attached hydrogen (secondary N) is 2. The van der Waals surface area contributed by atoms with E-state index in [1.54, 1.807) is 24.3 Å². The number of anilines is 2. The van der Waals surface area contributed by atoms with E-state index in [1.807, 2.05) is 0 Å². The third-order valence-corrected chi connectivity index (χ3v) is 8.28. The number of nitrogen functional groups attached to an aromatic ring is 2. The maximum absolute atomic E-state index is 12.5. The molecule has 8 nitrogen and oxygen atoms in total. The molecule has 0 radical (unpaired) electrons. The van der Waals surface area contributed by atoms with E-state index in [0.717, 1.165) is 25.7 Å². The van der Waals surface area contributed by atoms with Gasteiger partial charge in [0.1, 0.15) is 0 Å². The molecule has 2 unspecified atom stereocenters. The van der Waals surface area contributed by atoms with Crippen molar-refractivity contribution in [3.63, 3.8) is 0 Å². The lowest BCUT2D eigenvalue weighted by Crippen LogP contribution is -2.35. The summed E-state index contributed by atoms with van der Waals surface area (Å²) in [6.45, 7) is 0.655. The van der Waals surface area contributed by atoms with Crippen LogP contribution in [0.5, 0.6) is 0 Å². The molecule has 6 N–H and O–H groups in total. The zero-order chi connectivity index (χ0) is 21.8. The van der Waals surface area contributed by atoms with Crippen LogP contribution in [-0.2, 0) is 20.0 Å². The number of nitrogens with two attached hydrogens (primary N) is 2. The molecular weight excluding hydrogens is 424 g/mol. The van der Waals surface area contributed by atoms with Gasteiger partial charge in [-0.15, -0.1) is 0 Å². The minimum absolute atomic E-state index is 0.160. The van der Waals surface area contributed by atoms with E-state index in [9.17, 15) is 16.8 Å². The summed E-state index contributed by atoms with van der Waals surface area (Å²) in [6, 6.07) is 12.1. The molecule has 1 aliphatic rings. The lowest BCUT2D eigenvalue weighted by molar-refractivity contribution is 0.268. The molecular formula is C20H28N4O4S2. The van der Waals surface area contributed by atoms with Gasteiger partial charge in [0.05, 0.1) is 9.79 Å². The maximum atomic E-state index is 12.5. The second kappa shape index (κ2) is 9.34. The van der Waals surface area contributed by atoms with E-state index in [4.69, 9.17) is 11.5 Å². The monoisotopic (exact) mass is 452 g/mol. The van der Waals surface area contributed by atoms with Crippen LogP contribution in [-0.4, -0.2) is 29.9 Å². The number of benzene rings is 2. The highest BCUT2D eigenvalue weighted by atomic mass is 32.2. The molecule has 2 aromatic rings. The Morgan fingerprint density at radius 3 is 1.43 bits per heavy atom. The smallest absolute Gasteiger partial charge is 0.240 e. The second-order valence-corrected chi connectivity index (χ2v) is 11.3. The van der Waals surface area contributed by atoms with Gasteiger partial charge in [-0.25, -0.2) is 26.3 Å². The van der Waals surface area contributed by atoms with Crippen LogP contribution in [0.4, 0.5) is 11.4 Å². The molecule has 30 heavy (non-hydrogen) atoms. The lowest BCUT2D eigenvalue weighted by Gasteiger charge is -2.29. The summed E-state index contributed by atoms with van der Waals surface area (Å²) in [6.07, 6.45) is 3.51. The van der Waals surface area contributed by atoms with Crippen molar-refractivity contribution in [3.8, 4) is 0 Å². The molecule has 10 heteroatoms. The Hall–Kier alpha value is -2.14. The van der Waals surface area contributed by atoms with Gasteiger partial charge in [0.25, 0.3) is 0 Å². The molecule has 0 saturated heterocycles. The number of sulfonamides is 2. The summed E-state index contributed by atoms with van der Waals surface area (Å²) in [5.74, 6) is 0.321. The second-order valence-electron chi connectivity index (χ2n) is 7.74. The quantitative estimate of drug-likeness (QED) is 0.450. The first kappa shape index (κ1) is 22.5. The fourth-order valence-corrected chi connectivity index (χ4v) is 5.92. The SMILES string of the molecule is Nc1ccc(S(=O)(=O)NCC2CCCC(CNS(=O)(=O)c3ccc(N)cc3)C2)cc1. The average molecular weight is 453 g/mol. The predicted octanol–water partition coefficient (Wildman–Crippen LogP) is 1.91. The summed E-state index contributed by atoms with van der Waals surface area (Å²) in [7, 11) is -7.19. The topological polar surface area (TPSA) is 144 Å². The van der Waals surface area contributed by atoms with Crippen LogP contribution in [0.1, 0.15) is 25.7 Å². The van der Waals surface area contributed by atoms with Gasteiger partial charge in [-0.2, -0.15) is 0 Å². The van der Waals surface area contributed by atoms with Crippen LogP contribution < -0.4 is 20.9 Å². The molecule has 1 aliphatic carbocycles. The molecule has 1 saturated carbocycles. The summed E-state index contributed by atoms with van der Waals surface area (Å²) < 4.78 is 55.2. The van der Waals surface area contributed by atoms with E-state index in [2.05, 4.69) is 9.44 Å². The van der Waals surface area contributed by atoms with Gasteiger partial charge in [-0.3, -0.25) is 0 Å². The number of hydrogen-bond acceptors (Lipinski definition) is 6. The molecule has 0 heterocycles. The molecule has 0 bridgehead atoms. The largest absolute Gasteiger partial charge is 0.399 e. The highest BCUT2D eigenvalue weighted by molar-refractivity contribution is 7.89. The van der Waals surface area contributed by atoms with Crippen molar-refractivity contribution in [3.05, 3.63) is 48.5 Å². The molecule has 1 fully saturated rings. The van der Waals surface area contributed by atoms with Crippen LogP contribution in [0.3, 0.4) is 0 Å². The van der Waals surface area contributed by atoms with Crippen molar-refractivity contribution in [2.75, 3.05) is 24.6 Å². The highest BCUT2D eigenvalue weighted by Crippen LogP contribution is 2.29. The summed E-state index contributed by atoms with van der Waals surface area (Å²) >= 11 is 0. The first-order valence-corrected chi connectivity index (χ1v) is 12.8. The number of rotatable bonds is 8. The lowest BCUT2D eigenvalue weighted by atomic mass is 9.81. The standard InChI is InChI=1S/C20H28N4O4S2/c21-17-4-8-19(9-5-17)29(25,26)23-13-15-2-1-3-16(12-15)14-24-30(27,28)20-10-6-18(22)7-11-20/h4-11,15-16,23-24H,1-3,12-14,21-22H2. The average Bonchev–Trinajstić information content (AvgIpc) is 2.72. The number of hydrogen-bond donors (Lipinski definition) is 4. The van der Waals surface area contributed by atoms with Crippen LogP contribution in [0.15, 0.2) is 58.3 Å². The zero-order valence-corrected chi connectivity index (χ0v) is 18.3. The van der Waals surface area contributed by atoms with Crippen LogP contribution in [0.2, 0.25) is 0 Å². The third kappa shape index (κ3) is 5.94.